The van der Waals surface area contributed by atoms with Gasteiger partial charge in [0.05, 0.1) is 0 Å². The Kier molecular flexibility index (Phi) is 5.12. The second-order valence-corrected chi connectivity index (χ2v) is 6.37. The van der Waals surface area contributed by atoms with Crippen molar-refractivity contribution in [2.75, 3.05) is 13.1 Å². The van der Waals surface area contributed by atoms with Crippen LogP contribution in [0.5, 0.6) is 0 Å². The number of hydrogen-bond donors (Lipinski definition) is 1. The monoisotopic (exact) mass is 340 g/mol. The lowest BCUT2D eigenvalue weighted by atomic mass is 10.0. The third kappa shape index (κ3) is 4.05. The van der Waals surface area contributed by atoms with Crippen LogP contribution in [0.25, 0.3) is 0 Å². The molecule has 1 saturated heterocycles. The molecule has 0 radical (unpaired) electrons. The van der Waals surface area contributed by atoms with E-state index in [1.54, 1.807) is 30.0 Å². The third-order valence-electron chi connectivity index (χ3n) is 4.58. The maximum Gasteiger partial charge on any atom is 0.254 e. The van der Waals surface area contributed by atoms with E-state index in [2.05, 4.69) is 5.32 Å². The van der Waals surface area contributed by atoms with Gasteiger partial charge in [-0.2, -0.15) is 0 Å². The van der Waals surface area contributed by atoms with Gasteiger partial charge in [0, 0.05) is 30.3 Å². The van der Waals surface area contributed by atoms with Gasteiger partial charge < -0.3 is 10.2 Å². The SMILES string of the molecule is Cc1ccc(F)cc1C(=O)N1CCC(NC(=O)c2ccccc2)CC1. The van der Waals surface area contributed by atoms with Crippen LogP contribution in [0, 0.1) is 12.7 Å². The molecule has 1 fully saturated rings. The standard InChI is InChI=1S/C20H21FN2O2/c1-14-7-8-16(21)13-18(14)20(25)23-11-9-17(10-12-23)22-19(24)15-5-3-2-4-6-15/h2-8,13,17H,9-12H2,1H3,(H,22,24). The van der Waals surface area contributed by atoms with Crippen molar-refractivity contribution in [3.63, 3.8) is 0 Å². The average Bonchev–Trinajstić information content (AvgIpc) is 2.64. The first-order valence-corrected chi connectivity index (χ1v) is 8.46. The minimum absolute atomic E-state index is 0.0466. The van der Waals surface area contributed by atoms with Crippen LogP contribution in [0.15, 0.2) is 48.5 Å². The summed E-state index contributed by atoms with van der Waals surface area (Å²) < 4.78 is 13.4. The first kappa shape index (κ1) is 17.1. The van der Waals surface area contributed by atoms with E-state index in [0.29, 0.717) is 37.1 Å². The van der Waals surface area contributed by atoms with Gasteiger partial charge in [-0.05, 0) is 49.6 Å². The van der Waals surface area contributed by atoms with E-state index in [1.165, 1.54) is 12.1 Å². The molecule has 0 bridgehead atoms. The van der Waals surface area contributed by atoms with Gasteiger partial charge in [-0.3, -0.25) is 9.59 Å². The number of carbonyl (C=O) groups excluding carboxylic acids is 2. The van der Waals surface area contributed by atoms with Crippen LogP contribution in [0.2, 0.25) is 0 Å². The van der Waals surface area contributed by atoms with Crippen molar-refractivity contribution in [1.29, 1.82) is 0 Å². The van der Waals surface area contributed by atoms with Crippen LogP contribution in [0.1, 0.15) is 39.1 Å². The summed E-state index contributed by atoms with van der Waals surface area (Å²) in [6.45, 7) is 2.91. The summed E-state index contributed by atoms with van der Waals surface area (Å²) in [6.07, 6.45) is 1.39. The summed E-state index contributed by atoms with van der Waals surface area (Å²) >= 11 is 0. The maximum absolute atomic E-state index is 13.4. The summed E-state index contributed by atoms with van der Waals surface area (Å²) in [5.41, 5.74) is 1.81. The van der Waals surface area contributed by atoms with Crippen LogP contribution in [-0.2, 0) is 0 Å². The average molecular weight is 340 g/mol. The van der Waals surface area contributed by atoms with Crippen molar-refractivity contribution >= 4 is 11.8 Å². The number of piperidine rings is 1. The molecule has 0 aromatic heterocycles. The Balaban J connectivity index is 1.57. The van der Waals surface area contributed by atoms with E-state index in [0.717, 1.165) is 5.56 Å². The summed E-state index contributed by atoms with van der Waals surface area (Å²) in [6, 6.07) is 13.4. The molecule has 4 nitrogen and oxygen atoms in total. The van der Waals surface area contributed by atoms with Crippen molar-refractivity contribution in [3.05, 3.63) is 71.0 Å². The van der Waals surface area contributed by atoms with Crippen LogP contribution in [0.3, 0.4) is 0 Å². The summed E-state index contributed by atoms with van der Waals surface area (Å²) in [5, 5.41) is 3.02. The van der Waals surface area contributed by atoms with Crippen molar-refractivity contribution in [3.8, 4) is 0 Å². The Labute approximate surface area is 146 Å². The molecule has 1 N–H and O–H groups in total. The number of carbonyl (C=O) groups is 2. The first-order chi connectivity index (χ1) is 12.0. The fourth-order valence-electron chi connectivity index (χ4n) is 3.08. The number of nitrogens with one attached hydrogen (secondary N) is 1. The Bertz CT molecular complexity index is 769. The van der Waals surface area contributed by atoms with Crippen molar-refractivity contribution < 1.29 is 14.0 Å². The highest BCUT2D eigenvalue weighted by molar-refractivity contribution is 5.96. The first-order valence-electron chi connectivity index (χ1n) is 8.46. The molecule has 2 aromatic rings. The number of hydrogen-bond acceptors (Lipinski definition) is 2. The van der Waals surface area contributed by atoms with Gasteiger partial charge in [-0.1, -0.05) is 24.3 Å². The van der Waals surface area contributed by atoms with E-state index in [-0.39, 0.29) is 17.9 Å². The maximum atomic E-state index is 13.4. The zero-order valence-corrected chi connectivity index (χ0v) is 14.2. The van der Waals surface area contributed by atoms with E-state index < -0.39 is 5.82 Å². The predicted octanol–water partition coefficient (Wildman–Crippen LogP) is 3.17. The summed E-state index contributed by atoms with van der Waals surface area (Å²) in [5.74, 6) is -0.643. The number of rotatable bonds is 3. The van der Waals surface area contributed by atoms with Crippen LogP contribution < -0.4 is 5.32 Å². The lowest BCUT2D eigenvalue weighted by Gasteiger charge is -2.32. The Morgan fingerprint density at radius 1 is 1.08 bits per heavy atom. The Morgan fingerprint density at radius 3 is 2.44 bits per heavy atom. The molecule has 0 unspecified atom stereocenters. The second kappa shape index (κ2) is 7.47. The van der Waals surface area contributed by atoms with Gasteiger partial charge >= 0.3 is 0 Å². The predicted molar refractivity (Wildman–Crippen MR) is 94.0 cm³/mol. The fraction of sp³-hybridized carbons (Fsp3) is 0.300. The molecule has 130 valence electrons. The minimum atomic E-state index is -0.404. The molecule has 0 saturated carbocycles. The minimum Gasteiger partial charge on any atom is -0.349 e. The second-order valence-electron chi connectivity index (χ2n) is 6.37. The van der Waals surface area contributed by atoms with E-state index in [1.807, 2.05) is 18.2 Å². The number of amides is 2. The molecule has 0 aliphatic carbocycles. The zero-order valence-electron chi connectivity index (χ0n) is 14.2. The summed E-state index contributed by atoms with van der Waals surface area (Å²) in [7, 11) is 0. The molecule has 1 aliphatic heterocycles. The van der Waals surface area contributed by atoms with Crippen molar-refractivity contribution in [1.82, 2.24) is 10.2 Å². The molecule has 0 spiro atoms. The van der Waals surface area contributed by atoms with Crippen molar-refractivity contribution in [2.45, 2.75) is 25.8 Å². The highest BCUT2D eigenvalue weighted by atomic mass is 19.1. The molecule has 25 heavy (non-hydrogen) atoms. The fourth-order valence-corrected chi connectivity index (χ4v) is 3.08. The molecule has 2 aromatic carbocycles. The Morgan fingerprint density at radius 2 is 1.76 bits per heavy atom. The van der Waals surface area contributed by atoms with Gasteiger partial charge in [-0.15, -0.1) is 0 Å². The molecule has 5 heteroatoms. The number of aryl methyl sites for hydroxylation is 1. The molecule has 1 heterocycles. The zero-order chi connectivity index (χ0) is 17.8. The van der Waals surface area contributed by atoms with Crippen molar-refractivity contribution in [2.24, 2.45) is 0 Å². The number of halogens is 1. The number of likely N-dealkylation sites (tertiary alicyclic amines) is 1. The Hall–Kier alpha value is -2.69. The molecule has 3 rings (SSSR count). The summed E-state index contributed by atoms with van der Waals surface area (Å²) in [4.78, 5) is 26.5. The van der Waals surface area contributed by atoms with Gasteiger partial charge in [0.1, 0.15) is 5.82 Å². The largest absolute Gasteiger partial charge is 0.349 e. The van der Waals surface area contributed by atoms with Crippen LogP contribution >= 0.6 is 0 Å². The lowest BCUT2D eigenvalue weighted by molar-refractivity contribution is 0.0697. The number of nitrogens with zero attached hydrogens (tertiary/aromatic N) is 1. The van der Waals surface area contributed by atoms with E-state index in [4.69, 9.17) is 0 Å². The van der Waals surface area contributed by atoms with E-state index in [9.17, 15) is 14.0 Å². The smallest absolute Gasteiger partial charge is 0.254 e. The molecular weight excluding hydrogens is 319 g/mol. The van der Waals surface area contributed by atoms with Gasteiger partial charge in [0.25, 0.3) is 11.8 Å². The van der Waals surface area contributed by atoms with E-state index >= 15 is 0 Å². The molecule has 1 aliphatic rings. The third-order valence-corrected chi connectivity index (χ3v) is 4.58. The van der Waals surface area contributed by atoms with Crippen LogP contribution in [-0.4, -0.2) is 35.8 Å². The quantitative estimate of drug-likeness (QED) is 0.933. The van der Waals surface area contributed by atoms with Gasteiger partial charge in [0.2, 0.25) is 0 Å². The lowest BCUT2D eigenvalue weighted by Crippen LogP contribution is -2.46. The highest BCUT2D eigenvalue weighted by Gasteiger charge is 2.25. The normalized spacial score (nSPS) is 15.0. The highest BCUT2D eigenvalue weighted by Crippen LogP contribution is 2.18. The number of benzene rings is 2. The van der Waals surface area contributed by atoms with Gasteiger partial charge in [0.15, 0.2) is 0 Å². The van der Waals surface area contributed by atoms with Crippen LogP contribution in [0.4, 0.5) is 4.39 Å². The molecular formula is C20H21FN2O2. The van der Waals surface area contributed by atoms with Gasteiger partial charge in [-0.25, -0.2) is 4.39 Å². The topological polar surface area (TPSA) is 49.4 Å². The molecule has 2 amide bonds. The molecule has 0 atom stereocenters.